The molecule has 0 atom stereocenters. The zero-order chi connectivity index (χ0) is 19.6. The molecule has 7 heteroatoms. The number of benzene rings is 1. The molecule has 3 rings (SSSR count). The Kier molecular flexibility index (Phi) is 7.61. The van der Waals surface area contributed by atoms with Crippen LogP contribution in [0.25, 0.3) is 0 Å². The SMILES string of the molecule is O=[N+]([O-])c1ccc(NCCc2ccc(OCCCN3CCCCC3)cc2)nc1. The molecule has 0 aliphatic carbocycles. The van der Waals surface area contributed by atoms with Gasteiger partial charge in [-0.25, -0.2) is 4.98 Å². The number of piperidine rings is 1. The largest absolute Gasteiger partial charge is 0.494 e. The van der Waals surface area contributed by atoms with Crippen molar-refractivity contribution in [2.75, 3.05) is 38.1 Å². The predicted molar refractivity (Wildman–Crippen MR) is 110 cm³/mol. The molecule has 0 saturated carbocycles. The summed E-state index contributed by atoms with van der Waals surface area (Å²) in [5, 5.41) is 13.8. The van der Waals surface area contributed by atoms with Gasteiger partial charge < -0.3 is 15.0 Å². The van der Waals surface area contributed by atoms with E-state index in [0.717, 1.165) is 31.7 Å². The molecule has 1 fully saturated rings. The summed E-state index contributed by atoms with van der Waals surface area (Å²) in [6.45, 7) is 5.06. The molecule has 1 N–H and O–H groups in total. The molecule has 1 aromatic heterocycles. The lowest BCUT2D eigenvalue weighted by Gasteiger charge is -2.26. The van der Waals surface area contributed by atoms with E-state index in [2.05, 4.69) is 27.3 Å². The number of hydrogen-bond donors (Lipinski definition) is 1. The van der Waals surface area contributed by atoms with Crippen molar-refractivity contribution in [3.63, 3.8) is 0 Å². The summed E-state index contributed by atoms with van der Waals surface area (Å²) >= 11 is 0. The van der Waals surface area contributed by atoms with Crippen LogP contribution in [-0.4, -0.2) is 47.6 Å². The number of nitro groups is 1. The number of pyridine rings is 1. The zero-order valence-electron chi connectivity index (χ0n) is 16.2. The van der Waals surface area contributed by atoms with E-state index in [4.69, 9.17) is 4.74 Å². The van der Waals surface area contributed by atoms with Crippen LogP contribution in [0.15, 0.2) is 42.6 Å². The number of aromatic nitrogens is 1. The van der Waals surface area contributed by atoms with Crippen molar-refractivity contribution in [2.45, 2.75) is 32.1 Å². The predicted octanol–water partition coefficient (Wildman–Crippen LogP) is 3.90. The Bertz CT molecular complexity index is 728. The molecular formula is C21H28N4O3. The zero-order valence-corrected chi connectivity index (χ0v) is 16.2. The molecular weight excluding hydrogens is 356 g/mol. The van der Waals surface area contributed by atoms with Crippen molar-refractivity contribution >= 4 is 11.5 Å². The van der Waals surface area contributed by atoms with E-state index < -0.39 is 4.92 Å². The molecule has 150 valence electrons. The Morgan fingerprint density at radius 2 is 1.89 bits per heavy atom. The second-order valence-corrected chi connectivity index (χ2v) is 7.08. The fourth-order valence-electron chi connectivity index (χ4n) is 3.35. The molecule has 0 radical (unpaired) electrons. The second-order valence-electron chi connectivity index (χ2n) is 7.08. The van der Waals surface area contributed by atoms with Gasteiger partial charge in [0.2, 0.25) is 0 Å². The number of hydrogen-bond acceptors (Lipinski definition) is 6. The summed E-state index contributed by atoms with van der Waals surface area (Å²) in [5.41, 5.74) is 1.20. The summed E-state index contributed by atoms with van der Waals surface area (Å²) < 4.78 is 5.85. The van der Waals surface area contributed by atoms with E-state index in [-0.39, 0.29) is 5.69 Å². The molecule has 1 aliphatic rings. The van der Waals surface area contributed by atoms with Crippen molar-refractivity contribution in [3.8, 4) is 5.75 Å². The lowest BCUT2D eigenvalue weighted by molar-refractivity contribution is -0.385. The van der Waals surface area contributed by atoms with Crippen LogP contribution in [0.3, 0.4) is 0 Å². The fraction of sp³-hybridized carbons (Fsp3) is 0.476. The Labute approximate surface area is 165 Å². The highest BCUT2D eigenvalue weighted by Gasteiger charge is 2.09. The van der Waals surface area contributed by atoms with Gasteiger partial charge in [-0.15, -0.1) is 0 Å². The van der Waals surface area contributed by atoms with Gasteiger partial charge in [-0.2, -0.15) is 0 Å². The maximum atomic E-state index is 10.6. The van der Waals surface area contributed by atoms with E-state index in [1.54, 1.807) is 6.07 Å². The maximum absolute atomic E-state index is 10.6. The lowest BCUT2D eigenvalue weighted by Crippen LogP contribution is -2.31. The van der Waals surface area contributed by atoms with Crippen molar-refractivity contribution in [3.05, 3.63) is 58.3 Å². The fourth-order valence-corrected chi connectivity index (χ4v) is 3.35. The number of likely N-dealkylation sites (tertiary alicyclic amines) is 1. The number of rotatable bonds is 10. The van der Waals surface area contributed by atoms with Gasteiger partial charge in [0.25, 0.3) is 5.69 Å². The third-order valence-corrected chi connectivity index (χ3v) is 4.94. The Morgan fingerprint density at radius 3 is 2.57 bits per heavy atom. The van der Waals surface area contributed by atoms with Crippen LogP contribution in [0.2, 0.25) is 0 Å². The quantitative estimate of drug-likeness (QED) is 0.380. The van der Waals surface area contributed by atoms with Crippen molar-refractivity contribution in [1.29, 1.82) is 0 Å². The van der Waals surface area contributed by atoms with Gasteiger partial charge in [-0.3, -0.25) is 10.1 Å². The van der Waals surface area contributed by atoms with Gasteiger partial charge >= 0.3 is 0 Å². The minimum atomic E-state index is -0.450. The van der Waals surface area contributed by atoms with Gasteiger partial charge in [-0.05, 0) is 62.5 Å². The Hall–Kier alpha value is -2.67. The molecule has 2 aromatic rings. The van der Waals surface area contributed by atoms with Gasteiger partial charge in [0, 0.05) is 19.2 Å². The summed E-state index contributed by atoms with van der Waals surface area (Å²) in [6, 6.07) is 11.3. The maximum Gasteiger partial charge on any atom is 0.287 e. The minimum Gasteiger partial charge on any atom is -0.494 e. The molecule has 1 saturated heterocycles. The molecule has 0 bridgehead atoms. The van der Waals surface area contributed by atoms with Crippen LogP contribution in [0, 0.1) is 10.1 Å². The van der Waals surface area contributed by atoms with E-state index >= 15 is 0 Å². The lowest BCUT2D eigenvalue weighted by atomic mass is 10.1. The van der Waals surface area contributed by atoms with E-state index in [0.29, 0.717) is 12.4 Å². The Morgan fingerprint density at radius 1 is 1.11 bits per heavy atom. The average molecular weight is 384 g/mol. The molecule has 2 heterocycles. The highest BCUT2D eigenvalue weighted by Crippen LogP contribution is 2.15. The summed E-state index contributed by atoms with van der Waals surface area (Å²) in [4.78, 5) is 16.8. The van der Waals surface area contributed by atoms with Crippen LogP contribution < -0.4 is 10.1 Å². The van der Waals surface area contributed by atoms with E-state index in [1.165, 1.54) is 50.2 Å². The van der Waals surface area contributed by atoms with E-state index in [9.17, 15) is 10.1 Å². The monoisotopic (exact) mass is 384 g/mol. The Balaban J connectivity index is 1.33. The van der Waals surface area contributed by atoms with Crippen LogP contribution in [0.1, 0.15) is 31.2 Å². The van der Waals surface area contributed by atoms with Gasteiger partial charge in [-0.1, -0.05) is 18.6 Å². The van der Waals surface area contributed by atoms with Crippen LogP contribution in [-0.2, 0) is 6.42 Å². The smallest absolute Gasteiger partial charge is 0.287 e. The first-order chi connectivity index (χ1) is 13.7. The normalized spacial score (nSPS) is 14.6. The summed E-state index contributed by atoms with van der Waals surface area (Å²) in [7, 11) is 0. The standard InChI is InChI=1S/C21H28N4O3/c26-25(27)19-7-10-21(23-17-19)22-12-11-18-5-8-20(9-6-18)28-16-4-15-24-13-2-1-3-14-24/h5-10,17H,1-4,11-16H2,(H,22,23). The highest BCUT2D eigenvalue weighted by atomic mass is 16.6. The molecule has 7 nitrogen and oxygen atoms in total. The molecule has 1 aromatic carbocycles. The third kappa shape index (κ3) is 6.49. The van der Waals surface area contributed by atoms with Crippen molar-refractivity contribution in [2.24, 2.45) is 0 Å². The molecule has 0 unspecified atom stereocenters. The van der Waals surface area contributed by atoms with Crippen LogP contribution in [0.5, 0.6) is 5.75 Å². The van der Waals surface area contributed by atoms with Crippen molar-refractivity contribution < 1.29 is 9.66 Å². The van der Waals surface area contributed by atoms with Gasteiger partial charge in [0.05, 0.1) is 11.5 Å². The number of anilines is 1. The van der Waals surface area contributed by atoms with E-state index in [1.807, 2.05) is 12.1 Å². The minimum absolute atomic E-state index is 0.00272. The van der Waals surface area contributed by atoms with Crippen LogP contribution in [0.4, 0.5) is 11.5 Å². The van der Waals surface area contributed by atoms with Gasteiger partial charge in [0.1, 0.15) is 17.8 Å². The first kappa shape index (κ1) is 20.1. The number of ether oxygens (including phenoxy) is 1. The average Bonchev–Trinajstić information content (AvgIpc) is 2.73. The first-order valence-electron chi connectivity index (χ1n) is 9.99. The summed E-state index contributed by atoms with van der Waals surface area (Å²) in [6.07, 6.45) is 7.20. The molecule has 28 heavy (non-hydrogen) atoms. The highest BCUT2D eigenvalue weighted by molar-refractivity contribution is 5.40. The number of nitrogens with zero attached hydrogens (tertiary/aromatic N) is 3. The topological polar surface area (TPSA) is 80.5 Å². The third-order valence-electron chi connectivity index (χ3n) is 4.94. The second kappa shape index (κ2) is 10.6. The summed E-state index contributed by atoms with van der Waals surface area (Å²) in [5.74, 6) is 1.55. The molecule has 1 aliphatic heterocycles. The molecule has 0 amide bonds. The van der Waals surface area contributed by atoms with Crippen LogP contribution >= 0.6 is 0 Å². The van der Waals surface area contributed by atoms with Crippen molar-refractivity contribution in [1.82, 2.24) is 9.88 Å². The first-order valence-corrected chi connectivity index (χ1v) is 9.99. The number of nitrogens with one attached hydrogen (secondary N) is 1. The van der Waals surface area contributed by atoms with Gasteiger partial charge in [0.15, 0.2) is 0 Å². The molecule has 0 spiro atoms.